The van der Waals surface area contributed by atoms with E-state index in [1.807, 2.05) is 80.6 Å². The summed E-state index contributed by atoms with van der Waals surface area (Å²) in [6.45, 7) is 5.98. The summed E-state index contributed by atoms with van der Waals surface area (Å²) in [6.07, 6.45) is 2.24. The first-order chi connectivity index (χ1) is 18.2. The number of carboxylic acid groups (broad SMARTS) is 1. The average molecular weight is 515 g/mol. The van der Waals surface area contributed by atoms with Crippen LogP contribution in [0.5, 0.6) is 0 Å². The van der Waals surface area contributed by atoms with Crippen LogP contribution in [0, 0.1) is 5.92 Å². The van der Waals surface area contributed by atoms with Gasteiger partial charge in [0.2, 0.25) is 0 Å². The molecule has 1 aliphatic heterocycles. The van der Waals surface area contributed by atoms with Crippen molar-refractivity contribution in [2.24, 2.45) is 5.92 Å². The van der Waals surface area contributed by atoms with Gasteiger partial charge in [-0.1, -0.05) is 72.8 Å². The number of carboxylic acids is 1. The summed E-state index contributed by atoms with van der Waals surface area (Å²) < 4.78 is 17.6. The Morgan fingerprint density at radius 1 is 0.974 bits per heavy atom. The molecule has 1 fully saturated rings. The van der Waals surface area contributed by atoms with Crippen molar-refractivity contribution >= 4 is 17.5 Å². The predicted octanol–water partition coefficient (Wildman–Crippen LogP) is 6.29. The lowest BCUT2D eigenvalue weighted by atomic mass is 9.93. The molecular formula is C32H34O6. The third-order valence-corrected chi connectivity index (χ3v) is 6.66. The summed E-state index contributed by atoms with van der Waals surface area (Å²) in [6, 6.07) is 25.7. The maximum absolute atomic E-state index is 13.0. The van der Waals surface area contributed by atoms with Gasteiger partial charge in [0, 0.05) is 6.08 Å². The molecule has 1 N–H and O–H groups in total. The molecular weight excluding hydrogens is 480 g/mol. The molecule has 3 aromatic carbocycles. The predicted molar refractivity (Wildman–Crippen MR) is 146 cm³/mol. The summed E-state index contributed by atoms with van der Waals surface area (Å²) in [5.41, 5.74) is 5.66. The first-order valence-electron chi connectivity index (χ1n) is 12.8. The Labute approximate surface area is 223 Å². The zero-order chi connectivity index (χ0) is 27.1. The van der Waals surface area contributed by atoms with Crippen molar-refractivity contribution < 1.29 is 28.9 Å². The van der Waals surface area contributed by atoms with Crippen molar-refractivity contribution in [1.29, 1.82) is 0 Å². The molecule has 0 bridgehead atoms. The minimum Gasteiger partial charge on any atom is -0.478 e. The normalized spacial score (nSPS) is 19.1. The van der Waals surface area contributed by atoms with E-state index in [4.69, 9.17) is 19.3 Å². The summed E-state index contributed by atoms with van der Waals surface area (Å²) in [4.78, 5) is 24.0. The zero-order valence-electron chi connectivity index (χ0n) is 22.1. The lowest BCUT2D eigenvalue weighted by molar-refractivity contribution is -0.292. The van der Waals surface area contributed by atoms with E-state index in [1.165, 1.54) is 6.08 Å². The fourth-order valence-electron chi connectivity index (χ4n) is 4.62. The molecule has 0 aromatic heterocycles. The second kappa shape index (κ2) is 12.2. The van der Waals surface area contributed by atoms with Crippen LogP contribution < -0.4 is 0 Å². The molecule has 38 heavy (non-hydrogen) atoms. The van der Waals surface area contributed by atoms with Gasteiger partial charge in [-0.25, -0.2) is 4.79 Å². The van der Waals surface area contributed by atoms with Gasteiger partial charge < -0.3 is 19.3 Å². The van der Waals surface area contributed by atoms with Gasteiger partial charge in [0.15, 0.2) is 5.79 Å². The number of aryl methyl sites for hydroxylation is 1. The minimum absolute atomic E-state index is 0.217. The topological polar surface area (TPSA) is 82.1 Å². The molecule has 198 valence electrons. The molecule has 3 aromatic rings. The summed E-state index contributed by atoms with van der Waals surface area (Å²) in [7, 11) is 0. The Balaban J connectivity index is 1.45. The van der Waals surface area contributed by atoms with E-state index in [9.17, 15) is 9.59 Å². The van der Waals surface area contributed by atoms with Crippen LogP contribution in [0.4, 0.5) is 0 Å². The van der Waals surface area contributed by atoms with Crippen molar-refractivity contribution in [2.75, 3.05) is 6.61 Å². The standard InChI is InChI=1S/C32H34O6/c1-22(17-30(33)34)25-12-8-14-27(19-25)26-13-7-11-23(18-26)15-16-29-28(21-37-32(2,3)38-29)31(35)36-20-24-9-5-4-6-10-24/h4-14,17-19,28-29H,15-16,20-21H2,1-3H3,(H,33,34)/b22-17+/t28-,29-/m1/s1. The number of hydrogen-bond donors (Lipinski definition) is 1. The third-order valence-electron chi connectivity index (χ3n) is 6.66. The van der Waals surface area contributed by atoms with Crippen molar-refractivity contribution in [1.82, 2.24) is 0 Å². The van der Waals surface area contributed by atoms with Crippen molar-refractivity contribution in [3.05, 3.63) is 102 Å². The van der Waals surface area contributed by atoms with E-state index in [0.717, 1.165) is 27.8 Å². The number of hydrogen-bond acceptors (Lipinski definition) is 5. The molecule has 6 nitrogen and oxygen atoms in total. The van der Waals surface area contributed by atoms with Gasteiger partial charge in [-0.2, -0.15) is 0 Å². The number of allylic oxidation sites excluding steroid dienone is 1. The second-order valence-corrected chi connectivity index (χ2v) is 10.1. The van der Waals surface area contributed by atoms with Crippen LogP contribution in [0.15, 0.2) is 84.9 Å². The number of esters is 1. The molecule has 0 amide bonds. The van der Waals surface area contributed by atoms with Crippen LogP contribution >= 0.6 is 0 Å². The van der Waals surface area contributed by atoms with E-state index in [-0.39, 0.29) is 25.3 Å². The second-order valence-electron chi connectivity index (χ2n) is 10.1. The molecule has 1 saturated heterocycles. The molecule has 0 radical (unpaired) electrons. The minimum atomic E-state index is -0.962. The fourth-order valence-corrected chi connectivity index (χ4v) is 4.62. The van der Waals surface area contributed by atoms with Crippen LogP contribution in [0.3, 0.4) is 0 Å². The molecule has 0 saturated carbocycles. The Kier molecular flexibility index (Phi) is 8.77. The number of benzene rings is 3. The van der Waals surface area contributed by atoms with Crippen LogP contribution in [-0.4, -0.2) is 35.5 Å². The van der Waals surface area contributed by atoms with E-state index in [0.29, 0.717) is 18.4 Å². The highest BCUT2D eigenvalue weighted by Crippen LogP contribution is 2.31. The molecule has 0 aliphatic carbocycles. The van der Waals surface area contributed by atoms with Gasteiger partial charge in [0.25, 0.3) is 0 Å². The number of rotatable bonds is 9. The quantitative estimate of drug-likeness (QED) is 0.267. The largest absolute Gasteiger partial charge is 0.478 e. The lowest BCUT2D eigenvalue weighted by Gasteiger charge is -2.40. The SMILES string of the molecule is C/C(=C\C(=O)O)c1cccc(-c2cccc(CC[C@H]3OC(C)(C)OC[C@H]3C(=O)OCc3ccccc3)c2)c1. The monoisotopic (exact) mass is 514 g/mol. The average Bonchev–Trinajstić information content (AvgIpc) is 2.90. The lowest BCUT2D eigenvalue weighted by Crippen LogP contribution is -2.49. The van der Waals surface area contributed by atoms with E-state index >= 15 is 0 Å². The molecule has 1 aliphatic rings. The van der Waals surface area contributed by atoms with Crippen molar-refractivity contribution in [2.45, 2.75) is 52.1 Å². The number of carbonyl (C=O) groups excluding carboxylic acids is 1. The summed E-state index contributed by atoms with van der Waals surface area (Å²) in [5.74, 6) is -2.55. The zero-order valence-corrected chi connectivity index (χ0v) is 22.1. The Morgan fingerprint density at radius 2 is 1.66 bits per heavy atom. The number of ether oxygens (including phenoxy) is 3. The highest BCUT2D eigenvalue weighted by molar-refractivity contribution is 5.90. The van der Waals surface area contributed by atoms with E-state index < -0.39 is 17.7 Å². The smallest absolute Gasteiger partial charge is 0.328 e. The third kappa shape index (κ3) is 7.40. The van der Waals surface area contributed by atoms with Crippen LogP contribution in [0.2, 0.25) is 0 Å². The van der Waals surface area contributed by atoms with Crippen molar-refractivity contribution in [3.63, 3.8) is 0 Å². The maximum Gasteiger partial charge on any atom is 0.328 e. The summed E-state index contributed by atoms with van der Waals surface area (Å²) in [5, 5.41) is 9.08. The summed E-state index contributed by atoms with van der Waals surface area (Å²) >= 11 is 0. The first kappa shape index (κ1) is 27.3. The molecule has 1 heterocycles. The van der Waals surface area contributed by atoms with Crippen LogP contribution in [0.1, 0.15) is 43.9 Å². The Hall–Kier alpha value is -3.74. The molecule has 6 heteroatoms. The van der Waals surface area contributed by atoms with Gasteiger partial charge in [0.1, 0.15) is 12.5 Å². The van der Waals surface area contributed by atoms with Gasteiger partial charge in [0.05, 0.1) is 12.7 Å². The molecule has 2 atom stereocenters. The molecule has 4 rings (SSSR count). The molecule has 0 unspecified atom stereocenters. The maximum atomic E-state index is 13.0. The Morgan fingerprint density at radius 3 is 2.39 bits per heavy atom. The highest BCUT2D eigenvalue weighted by atomic mass is 16.7. The number of carbonyl (C=O) groups is 2. The van der Waals surface area contributed by atoms with Gasteiger partial charge in [-0.05, 0) is 73.1 Å². The fraction of sp³-hybridized carbons (Fsp3) is 0.312. The first-order valence-corrected chi connectivity index (χ1v) is 12.8. The van der Waals surface area contributed by atoms with Crippen molar-refractivity contribution in [3.8, 4) is 11.1 Å². The van der Waals surface area contributed by atoms with Gasteiger partial charge in [-0.3, -0.25) is 4.79 Å². The highest BCUT2D eigenvalue weighted by Gasteiger charge is 2.40. The van der Waals surface area contributed by atoms with Crippen LogP contribution in [-0.2, 0) is 36.8 Å². The van der Waals surface area contributed by atoms with E-state index in [1.54, 1.807) is 6.92 Å². The number of aliphatic carboxylic acids is 1. The Bertz CT molecular complexity index is 1290. The van der Waals surface area contributed by atoms with E-state index in [2.05, 4.69) is 12.1 Å². The van der Waals surface area contributed by atoms with Gasteiger partial charge >= 0.3 is 11.9 Å². The van der Waals surface area contributed by atoms with Gasteiger partial charge in [-0.15, -0.1) is 0 Å². The molecule has 0 spiro atoms. The van der Waals surface area contributed by atoms with Crippen LogP contribution in [0.25, 0.3) is 16.7 Å².